The Bertz CT molecular complexity index is 266. The van der Waals surface area contributed by atoms with Crippen LogP contribution in [-0.2, 0) is 9.59 Å². The first kappa shape index (κ1) is 11.0. The normalized spacial score (nSPS) is 23.9. The molecule has 0 aromatic heterocycles. The van der Waals surface area contributed by atoms with Crippen LogP contribution in [0.5, 0.6) is 0 Å². The van der Waals surface area contributed by atoms with Crippen molar-refractivity contribution in [1.29, 1.82) is 0 Å². The second-order valence-corrected chi connectivity index (χ2v) is 3.44. The summed E-state index contributed by atoms with van der Waals surface area (Å²) < 4.78 is 0. The van der Waals surface area contributed by atoms with Gasteiger partial charge in [0.05, 0.1) is 0 Å². The van der Waals surface area contributed by atoms with E-state index in [1.54, 1.807) is 17.9 Å². The third-order valence-electron chi connectivity index (χ3n) is 2.08. The zero-order valence-electron chi connectivity index (χ0n) is 8.00. The number of rotatable bonds is 2. The van der Waals surface area contributed by atoms with Crippen molar-refractivity contribution >= 4 is 23.4 Å². The molecule has 4 nitrogen and oxygen atoms in total. The molecule has 78 valence electrons. The highest BCUT2D eigenvalue weighted by Gasteiger charge is 2.25. The van der Waals surface area contributed by atoms with Crippen molar-refractivity contribution in [3.8, 4) is 0 Å². The molecule has 14 heavy (non-hydrogen) atoms. The van der Waals surface area contributed by atoms with E-state index >= 15 is 0 Å². The number of carbonyl (C=O) groups is 2. The molecule has 1 fully saturated rings. The van der Waals surface area contributed by atoms with Crippen molar-refractivity contribution in [3.05, 3.63) is 11.6 Å². The molecule has 2 amide bonds. The summed E-state index contributed by atoms with van der Waals surface area (Å²) in [4.78, 5) is 24.4. The van der Waals surface area contributed by atoms with Gasteiger partial charge in [-0.3, -0.25) is 9.59 Å². The molecule has 1 aliphatic rings. The van der Waals surface area contributed by atoms with Crippen LogP contribution in [0.2, 0.25) is 0 Å². The van der Waals surface area contributed by atoms with Crippen LogP contribution in [0.15, 0.2) is 11.6 Å². The van der Waals surface area contributed by atoms with Crippen LogP contribution in [0.25, 0.3) is 0 Å². The van der Waals surface area contributed by atoms with E-state index in [0.717, 1.165) is 0 Å². The SMILES string of the molecule is CC1NC(=O)CCN(C/C=C/Cl)C1=O. The number of hydrogen-bond acceptors (Lipinski definition) is 2. The average molecular weight is 217 g/mol. The van der Waals surface area contributed by atoms with E-state index in [9.17, 15) is 9.59 Å². The molecule has 1 rings (SSSR count). The second kappa shape index (κ2) is 5.00. The number of hydrogen-bond donors (Lipinski definition) is 1. The van der Waals surface area contributed by atoms with Crippen molar-refractivity contribution in [1.82, 2.24) is 10.2 Å². The third kappa shape index (κ3) is 2.73. The molecular formula is C9H13ClN2O2. The molecule has 1 N–H and O–H groups in total. The van der Waals surface area contributed by atoms with E-state index in [-0.39, 0.29) is 11.8 Å². The Morgan fingerprint density at radius 2 is 2.36 bits per heavy atom. The lowest BCUT2D eigenvalue weighted by molar-refractivity contribution is -0.132. The minimum atomic E-state index is -0.436. The van der Waals surface area contributed by atoms with Gasteiger partial charge >= 0.3 is 0 Å². The molecular weight excluding hydrogens is 204 g/mol. The lowest BCUT2D eigenvalue weighted by Crippen LogP contribution is -2.42. The minimum absolute atomic E-state index is 0.0642. The molecule has 0 saturated carbocycles. The largest absolute Gasteiger partial charge is 0.345 e. The van der Waals surface area contributed by atoms with E-state index in [1.807, 2.05) is 0 Å². The van der Waals surface area contributed by atoms with Crippen LogP contribution < -0.4 is 5.32 Å². The van der Waals surface area contributed by atoms with Gasteiger partial charge in [-0.1, -0.05) is 17.7 Å². The average Bonchev–Trinajstić information content (AvgIpc) is 2.26. The Labute approximate surface area is 87.9 Å². The van der Waals surface area contributed by atoms with Gasteiger partial charge in [0.25, 0.3) is 0 Å². The number of carbonyl (C=O) groups excluding carboxylic acids is 2. The first-order valence-electron chi connectivity index (χ1n) is 4.48. The molecule has 1 aliphatic heterocycles. The van der Waals surface area contributed by atoms with E-state index < -0.39 is 6.04 Å². The first-order valence-corrected chi connectivity index (χ1v) is 4.92. The molecule has 0 aromatic carbocycles. The maximum Gasteiger partial charge on any atom is 0.245 e. The van der Waals surface area contributed by atoms with Gasteiger partial charge in [0, 0.05) is 25.0 Å². The van der Waals surface area contributed by atoms with Crippen molar-refractivity contribution < 1.29 is 9.59 Å². The van der Waals surface area contributed by atoms with Crippen LogP contribution in [0.3, 0.4) is 0 Å². The summed E-state index contributed by atoms with van der Waals surface area (Å²) in [5.41, 5.74) is 1.37. The van der Waals surface area contributed by atoms with E-state index in [4.69, 9.17) is 11.6 Å². The van der Waals surface area contributed by atoms with Gasteiger partial charge in [0.15, 0.2) is 0 Å². The highest BCUT2D eigenvalue weighted by atomic mass is 35.5. The molecule has 0 bridgehead atoms. The summed E-state index contributed by atoms with van der Waals surface area (Å²) >= 11 is 5.37. The number of nitrogens with zero attached hydrogens (tertiary/aromatic N) is 1. The van der Waals surface area contributed by atoms with Gasteiger partial charge in [0.1, 0.15) is 6.04 Å². The Morgan fingerprint density at radius 3 is 3.00 bits per heavy atom. The lowest BCUT2D eigenvalue weighted by atomic mass is 10.3. The Hall–Kier alpha value is -1.03. The lowest BCUT2D eigenvalue weighted by Gasteiger charge is -2.20. The van der Waals surface area contributed by atoms with Gasteiger partial charge in [-0.2, -0.15) is 0 Å². The predicted octanol–water partition coefficient (Wildman–Crippen LogP) is 0.476. The zero-order chi connectivity index (χ0) is 10.6. The summed E-state index contributed by atoms with van der Waals surface area (Å²) in [5, 5.41) is 2.61. The summed E-state index contributed by atoms with van der Waals surface area (Å²) in [6.45, 7) is 2.60. The molecule has 5 heteroatoms. The molecule has 0 spiro atoms. The van der Waals surface area contributed by atoms with Gasteiger partial charge in [-0.25, -0.2) is 0 Å². The quantitative estimate of drug-likeness (QED) is 0.730. The number of amides is 2. The Balaban J connectivity index is 2.65. The van der Waals surface area contributed by atoms with Crippen molar-refractivity contribution in [2.45, 2.75) is 19.4 Å². The van der Waals surface area contributed by atoms with Crippen LogP contribution in [0.1, 0.15) is 13.3 Å². The zero-order valence-corrected chi connectivity index (χ0v) is 8.75. The van der Waals surface area contributed by atoms with Crippen molar-refractivity contribution in [2.24, 2.45) is 0 Å². The van der Waals surface area contributed by atoms with Crippen LogP contribution >= 0.6 is 11.6 Å². The molecule has 0 aromatic rings. The topological polar surface area (TPSA) is 49.4 Å². The standard InChI is InChI=1S/C9H13ClN2O2/c1-7-9(14)12(5-2-4-10)6-3-8(13)11-7/h2,4,7H,3,5-6H2,1H3,(H,11,13)/b4-2+. The Kier molecular flexibility index (Phi) is 3.95. The van der Waals surface area contributed by atoms with E-state index in [0.29, 0.717) is 19.5 Å². The minimum Gasteiger partial charge on any atom is -0.345 e. The maximum atomic E-state index is 11.6. The van der Waals surface area contributed by atoms with E-state index in [1.165, 1.54) is 5.54 Å². The molecule has 1 heterocycles. The van der Waals surface area contributed by atoms with Crippen molar-refractivity contribution in [3.63, 3.8) is 0 Å². The van der Waals surface area contributed by atoms with Crippen molar-refractivity contribution in [2.75, 3.05) is 13.1 Å². The third-order valence-corrected chi connectivity index (χ3v) is 2.26. The van der Waals surface area contributed by atoms with Gasteiger partial charge in [0.2, 0.25) is 11.8 Å². The first-order chi connectivity index (χ1) is 6.65. The van der Waals surface area contributed by atoms with E-state index in [2.05, 4.69) is 5.32 Å². The summed E-state index contributed by atoms with van der Waals surface area (Å²) in [5.74, 6) is -0.145. The smallest absolute Gasteiger partial charge is 0.245 e. The summed E-state index contributed by atoms with van der Waals surface area (Å²) in [6.07, 6.45) is 2.04. The predicted molar refractivity (Wildman–Crippen MR) is 53.8 cm³/mol. The fraction of sp³-hybridized carbons (Fsp3) is 0.556. The second-order valence-electron chi connectivity index (χ2n) is 3.19. The monoisotopic (exact) mass is 216 g/mol. The van der Waals surface area contributed by atoms with Gasteiger partial charge < -0.3 is 10.2 Å². The van der Waals surface area contributed by atoms with Gasteiger partial charge in [-0.15, -0.1) is 0 Å². The fourth-order valence-electron chi connectivity index (χ4n) is 1.34. The maximum absolute atomic E-state index is 11.6. The molecule has 1 unspecified atom stereocenters. The highest BCUT2D eigenvalue weighted by molar-refractivity contribution is 6.25. The summed E-state index contributed by atoms with van der Waals surface area (Å²) in [7, 11) is 0. The molecule has 0 radical (unpaired) electrons. The van der Waals surface area contributed by atoms with Crippen LogP contribution in [0, 0.1) is 0 Å². The molecule has 1 saturated heterocycles. The highest BCUT2D eigenvalue weighted by Crippen LogP contribution is 2.03. The van der Waals surface area contributed by atoms with Crippen LogP contribution in [0.4, 0.5) is 0 Å². The molecule has 0 aliphatic carbocycles. The number of halogens is 1. The Morgan fingerprint density at radius 1 is 1.64 bits per heavy atom. The molecule has 1 atom stereocenters. The number of nitrogens with one attached hydrogen (secondary N) is 1. The van der Waals surface area contributed by atoms with Crippen LogP contribution in [-0.4, -0.2) is 35.8 Å². The summed E-state index contributed by atoms with van der Waals surface area (Å²) in [6, 6.07) is -0.436. The van der Waals surface area contributed by atoms with Gasteiger partial charge in [-0.05, 0) is 6.92 Å². The fourth-order valence-corrected chi connectivity index (χ4v) is 1.42.